The van der Waals surface area contributed by atoms with E-state index in [1.165, 1.54) is 13.0 Å². The van der Waals surface area contributed by atoms with Crippen molar-refractivity contribution in [3.63, 3.8) is 0 Å². The minimum Gasteiger partial charge on any atom is -0.504 e. The molecule has 0 aliphatic rings. The number of rotatable bonds is 7. The van der Waals surface area contributed by atoms with E-state index in [1.807, 2.05) is 6.92 Å². The lowest BCUT2D eigenvalue weighted by atomic mass is 9.91. The molecule has 106 valence electrons. The molecule has 0 spiro atoms. The highest BCUT2D eigenvalue weighted by molar-refractivity contribution is 6.00. The summed E-state index contributed by atoms with van der Waals surface area (Å²) < 4.78 is 0. The zero-order valence-electron chi connectivity index (χ0n) is 11.9. The van der Waals surface area contributed by atoms with Crippen LogP contribution in [0.1, 0.15) is 40.5 Å². The van der Waals surface area contributed by atoms with E-state index >= 15 is 0 Å². The number of hydrogen-bond donors (Lipinski definition) is 2. The maximum Gasteiger partial charge on any atom is 0.228 e. The molecule has 0 bridgehead atoms. The molecule has 4 nitrogen and oxygen atoms in total. The van der Waals surface area contributed by atoms with Gasteiger partial charge in [0.15, 0.2) is 11.5 Å². The number of carbonyl (C=O) groups excluding carboxylic acids is 2. The first kappa shape index (κ1) is 17.3. The number of ketones is 2. The van der Waals surface area contributed by atoms with Gasteiger partial charge in [0.2, 0.25) is 5.78 Å². The third-order valence-electron chi connectivity index (χ3n) is 2.62. The standard InChI is InChI=1S/C15H22O4/c1-5-6-7-8-12(16)9-10-15(4,19)14(18)13(17)11(2)3/h5-8,17,19H,9-10H2,1-4H3. The van der Waals surface area contributed by atoms with Gasteiger partial charge in [-0.2, -0.15) is 0 Å². The molecule has 19 heavy (non-hydrogen) atoms. The van der Waals surface area contributed by atoms with Gasteiger partial charge in [-0.15, -0.1) is 0 Å². The number of Topliss-reactive ketones (excluding diaryl/α,β-unsaturated/α-hetero) is 1. The average Bonchev–Trinajstić information content (AvgIpc) is 2.34. The summed E-state index contributed by atoms with van der Waals surface area (Å²) in [6.45, 7) is 6.29. The minimum atomic E-state index is -1.73. The lowest BCUT2D eigenvalue weighted by molar-refractivity contribution is -0.135. The van der Waals surface area contributed by atoms with Gasteiger partial charge in [-0.1, -0.05) is 18.2 Å². The molecule has 0 aromatic heterocycles. The van der Waals surface area contributed by atoms with Crippen LogP contribution in [0.4, 0.5) is 0 Å². The molecule has 0 saturated carbocycles. The van der Waals surface area contributed by atoms with Crippen molar-refractivity contribution in [1.82, 2.24) is 0 Å². The lowest BCUT2D eigenvalue weighted by Crippen LogP contribution is -2.37. The molecular formula is C15H22O4. The third kappa shape index (κ3) is 6.15. The van der Waals surface area contributed by atoms with Crippen molar-refractivity contribution in [3.05, 3.63) is 35.6 Å². The largest absolute Gasteiger partial charge is 0.504 e. The van der Waals surface area contributed by atoms with Crippen LogP contribution in [0.3, 0.4) is 0 Å². The highest BCUT2D eigenvalue weighted by atomic mass is 16.3. The number of allylic oxidation sites excluding steroid dienone is 5. The normalized spacial score (nSPS) is 14.6. The van der Waals surface area contributed by atoms with Gasteiger partial charge < -0.3 is 10.2 Å². The number of hydrogen-bond acceptors (Lipinski definition) is 4. The summed E-state index contributed by atoms with van der Waals surface area (Å²) in [6.07, 6.45) is 6.52. The SMILES string of the molecule is CC=CC=CC(=O)CCC(C)(O)C(=O)C(O)=C(C)C. The Labute approximate surface area is 114 Å². The Morgan fingerprint density at radius 3 is 2.26 bits per heavy atom. The monoisotopic (exact) mass is 266 g/mol. The van der Waals surface area contributed by atoms with E-state index in [2.05, 4.69) is 0 Å². The Bertz CT molecular complexity index is 421. The van der Waals surface area contributed by atoms with Crippen LogP contribution in [0.5, 0.6) is 0 Å². The molecule has 2 N–H and O–H groups in total. The fraction of sp³-hybridized carbons (Fsp3) is 0.467. The van der Waals surface area contributed by atoms with Crippen LogP contribution in [-0.4, -0.2) is 27.4 Å². The number of aliphatic hydroxyl groups is 2. The van der Waals surface area contributed by atoms with Crippen LogP contribution in [0.2, 0.25) is 0 Å². The van der Waals surface area contributed by atoms with Gasteiger partial charge in [0, 0.05) is 6.42 Å². The molecule has 0 fully saturated rings. The summed E-state index contributed by atoms with van der Waals surface area (Å²) in [5.74, 6) is -1.37. The first-order valence-electron chi connectivity index (χ1n) is 6.18. The van der Waals surface area contributed by atoms with Crippen molar-refractivity contribution in [3.8, 4) is 0 Å². The summed E-state index contributed by atoms with van der Waals surface area (Å²) in [5, 5.41) is 19.5. The van der Waals surface area contributed by atoms with Gasteiger partial charge in [-0.3, -0.25) is 9.59 Å². The molecule has 0 aromatic carbocycles. The molecule has 4 heteroatoms. The van der Waals surface area contributed by atoms with Crippen molar-refractivity contribution in [1.29, 1.82) is 0 Å². The van der Waals surface area contributed by atoms with Crippen LogP contribution in [0.25, 0.3) is 0 Å². The summed E-state index contributed by atoms with van der Waals surface area (Å²) in [4.78, 5) is 23.3. The highest BCUT2D eigenvalue weighted by Crippen LogP contribution is 2.19. The third-order valence-corrected chi connectivity index (χ3v) is 2.62. The van der Waals surface area contributed by atoms with Gasteiger partial charge in [0.25, 0.3) is 0 Å². The van der Waals surface area contributed by atoms with Gasteiger partial charge in [0.1, 0.15) is 5.60 Å². The van der Waals surface area contributed by atoms with E-state index in [0.29, 0.717) is 5.57 Å². The van der Waals surface area contributed by atoms with Gasteiger partial charge in [-0.25, -0.2) is 0 Å². The van der Waals surface area contributed by atoms with Crippen LogP contribution >= 0.6 is 0 Å². The van der Waals surface area contributed by atoms with Crippen molar-refractivity contribution < 1.29 is 19.8 Å². The van der Waals surface area contributed by atoms with Gasteiger partial charge >= 0.3 is 0 Å². The van der Waals surface area contributed by atoms with E-state index in [-0.39, 0.29) is 18.6 Å². The predicted molar refractivity (Wildman–Crippen MR) is 74.8 cm³/mol. The first-order valence-corrected chi connectivity index (χ1v) is 6.18. The van der Waals surface area contributed by atoms with Crippen LogP contribution in [0.15, 0.2) is 35.6 Å². The molecule has 0 aliphatic carbocycles. The average molecular weight is 266 g/mol. The number of carbonyl (C=O) groups is 2. The van der Waals surface area contributed by atoms with Crippen LogP contribution < -0.4 is 0 Å². The van der Waals surface area contributed by atoms with Crippen molar-refractivity contribution in [2.24, 2.45) is 0 Å². The second kappa shape index (κ2) is 7.69. The molecular weight excluding hydrogens is 244 g/mol. The number of aliphatic hydroxyl groups excluding tert-OH is 1. The van der Waals surface area contributed by atoms with Crippen molar-refractivity contribution in [2.45, 2.75) is 46.1 Å². The topological polar surface area (TPSA) is 74.6 Å². The first-order chi connectivity index (χ1) is 8.72. The van der Waals surface area contributed by atoms with Gasteiger partial charge in [-0.05, 0) is 45.8 Å². The minimum absolute atomic E-state index is 0.0256. The van der Waals surface area contributed by atoms with Crippen LogP contribution in [0, 0.1) is 0 Å². The molecule has 0 radical (unpaired) electrons. The van der Waals surface area contributed by atoms with E-state index in [9.17, 15) is 19.8 Å². The van der Waals surface area contributed by atoms with E-state index in [1.54, 1.807) is 32.1 Å². The molecule has 1 unspecified atom stereocenters. The Morgan fingerprint density at radius 1 is 1.21 bits per heavy atom. The molecule has 1 atom stereocenters. The maximum atomic E-state index is 11.8. The van der Waals surface area contributed by atoms with E-state index in [0.717, 1.165) is 0 Å². The lowest BCUT2D eigenvalue weighted by Gasteiger charge is -2.21. The molecule has 0 heterocycles. The molecule has 0 rings (SSSR count). The quantitative estimate of drug-likeness (QED) is 0.422. The Hall–Kier alpha value is -1.68. The Kier molecular flexibility index (Phi) is 7.01. The zero-order valence-corrected chi connectivity index (χ0v) is 11.9. The second-order valence-corrected chi connectivity index (χ2v) is 4.80. The summed E-state index contributed by atoms with van der Waals surface area (Å²) >= 11 is 0. The van der Waals surface area contributed by atoms with Crippen molar-refractivity contribution in [2.75, 3.05) is 0 Å². The zero-order chi connectivity index (χ0) is 15.1. The fourth-order valence-corrected chi connectivity index (χ4v) is 1.32. The fourth-order valence-electron chi connectivity index (χ4n) is 1.32. The van der Waals surface area contributed by atoms with E-state index < -0.39 is 17.1 Å². The smallest absolute Gasteiger partial charge is 0.228 e. The molecule has 0 aromatic rings. The predicted octanol–water partition coefficient (Wildman–Crippen LogP) is 2.64. The summed E-state index contributed by atoms with van der Waals surface area (Å²) in [7, 11) is 0. The summed E-state index contributed by atoms with van der Waals surface area (Å²) in [6, 6.07) is 0. The maximum absolute atomic E-state index is 11.8. The van der Waals surface area contributed by atoms with Gasteiger partial charge in [0.05, 0.1) is 0 Å². The van der Waals surface area contributed by atoms with E-state index in [4.69, 9.17) is 0 Å². The van der Waals surface area contributed by atoms with Crippen molar-refractivity contribution >= 4 is 11.6 Å². The second-order valence-electron chi connectivity index (χ2n) is 4.80. The summed E-state index contributed by atoms with van der Waals surface area (Å²) in [5.41, 5.74) is -1.30. The molecule has 0 aliphatic heterocycles. The van der Waals surface area contributed by atoms with Crippen LogP contribution in [-0.2, 0) is 9.59 Å². The Balaban J connectivity index is 4.59. The Morgan fingerprint density at radius 2 is 1.79 bits per heavy atom. The molecule has 0 saturated heterocycles. The molecule has 0 amide bonds. The highest BCUT2D eigenvalue weighted by Gasteiger charge is 2.33.